The second kappa shape index (κ2) is 19.2. The zero-order valence-corrected chi connectivity index (χ0v) is 23.8. The predicted molar refractivity (Wildman–Crippen MR) is 151 cm³/mol. The molecule has 2 aromatic rings. The SMILES string of the molecule is CC1CCN(C)C1.CCc1ccccc1F.Cc1ccc(C)c(Cl)c1.O=COCCC1CCCCC1. The van der Waals surface area contributed by atoms with Crippen molar-refractivity contribution in [3.63, 3.8) is 0 Å². The van der Waals surface area contributed by atoms with E-state index < -0.39 is 0 Å². The number of benzene rings is 2. The van der Waals surface area contributed by atoms with E-state index in [0.717, 1.165) is 40.8 Å². The summed E-state index contributed by atoms with van der Waals surface area (Å²) in [7, 11) is 2.18. The van der Waals surface area contributed by atoms with E-state index in [4.69, 9.17) is 11.6 Å². The standard InChI is InChI=1S/C9H16O2.C8H9Cl.C8H9F.C6H13N/c10-8-11-7-6-9-4-2-1-3-5-9;1-6-3-4-7(2)8(9)5-6;1-2-7-5-3-4-6-8(7)9;1-6-3-4-7(2)5-6/h8-9H,1-7H2;3-5H,1-2H3;3-6H,2H2,1H3;6H,3-5H2,1-2H3. The van der Waals surface area contributed by atoms with Gasteiger partial charge in [0.1, 0.15) is 5.82 Å². The minimum atomic E-state index is -0.0972. The van der Waals surface area contributed by atoms with E-state index in [0.29, 0.717) is 13.1 Å². The highest BCUT2D eigenvalue weighted by atomic mass is 35.5. The van der Waals surface area contributed by atoms with E-state index in [1.54, 1.807) is 12.1 Å². The first-order valence-corrected chi connectivity index (χ1v) is 13.8. The van der Waals surface area contributed by atoms with E-state index in [-0.39, 0.29) is 5.82 Å². The van der Waals surface area contributed by atoms with Crippen LogP contribution in [0.5, 0.6) is 0 Å². The van der Waals surface area contributed by atoms with Crippen molar-refractivity contribution >= 4 is 18.1 Å². The highest BCUT2D eigenvalue weighted by Crippen LogP contribution is 2.25. The third kappa shape index (κ3) is 14.6. The van der Waals surface area contributed by atoms with Crippen molar-refractivity contribution in [1.82, 2.24) is 4.90 Å². The van der Waals surface area contributed by atoms with E-state index in [1.807, 2.05) is 39.0 Å². The van der Waals surface area contributed by atoms with Crippen LogP contribution >= 0.6 is 11.6 Å². The minimum absolute atomic E-state index is 0.0972. The lowest BCUT2D eigenvalue weighted by molar-refractivity contribution is -0.129. The monoisotopic (exact) mass is 519 g/mol. The van der Waals surface area contributed by atoms with Gasteiger partial charge in [-0.25, -0.2) is 4.39 Å². The fraction of sp³-hybridized carbons (Fsp3) is 0.581. The maximum atomic E-state index is 12.6. The number of halogens is 2. The van der Waals surface area contributed by atoms with Gasteiger partial charge < -0.3 is 9.64 Å². The smallest absolute Gasteiger partial charge is 0.293 e. The van der Waals surface area contributed by atoms with Gasteiger partial charge in [-0.3, -0.25) is 4.79 Å². The maximum Gasteiger partial charge on any atom is 0.293 e. The molecule has 5 heteroatoms. The molecule has 1 heterocycles. The number of carbonyl (C=O) groups excluding carboxylic acids is 1. The molecule has 0 aromatic heterocycles. The minimum Gasteiger partial charge on any atom is -0.468 e. The zero-order valence-electron chi connectivity index (χ0n) is 23.1. The Bertz CT molecular complexity index is 846. The molecule has 0 radical (unpaired) electrons. The Morgan fingerprint density at radius 2 is 1.78 bits per heavy atom. The molecule has 0 spiro atoms. The van der Waals surface area contributed by atoms with Crippen LogP contribution in [-0.4, -0.2) is 38.1 Å². The van der Waals surface area contributed by atoms with Crippen molar-refractivity contribution in [1.29, 1.82) is 0 Å². The van der Waals surface area contributed by atoms with Crippen LogP contribution in [0.4, 0.5) is 4.39 Å². The second-order valence-corrected chi connectivity index (χ2v) is 10.5. The molecule has 2 fully saturated rings. The molecule has 1 saturated heterocycles. The topological polar surface area (TPSA) is 29.5 Å². The van der Waals surface area contributed by atoms with Crippen LogP contribution in [0.3, 0.4) is 0 Å². The van der Waals surface area contributed by atoms with Gasteiger partial charge in [0.05, 0.1) is 6.61 Å². The normalized spacial score (nSPS) is 17.5. The third-order valence-electron chi connectivity index (χ3n) is 6.73. The average Bonchev–Trinajstić information content (AvgIpc) is 3.26. The molecule has 1 aliphatic heterocycles. The lowest BCUT2D eigenvalue weighted by Crippen LogP contribution is -2.12. The number of hydrogen-bond acceptors (Lipinski definition) is 3. The van der Waals surface area contributed by atoms with Crippen LogP contribution in [0, 0.1) is 31.5 Å². The van der Waals surface area contributed by atoms with Crippen molar-refractivity contribution in [3.05, 3.63) is 70.0 Å². The summed E-state index contributed by atoms with van der Waals surface area (Å²) in [5.41, 5.74) is 3.14. The second-order valence-electron chi connectivity index (χ2n) is 10.1. The Morgan fingerprint density at radius 3 is 2.22 bits per heavy atom. The van der Waals surface area contributed by atoms with Gasteiger partial charge in [0.15, 0.2) is 0 Å². The highest BCUT2D eigenvalue weighted by Gasteiger charge is 2.13. The van der Waals surface area contributed by atoms with Gasteiger partial charge in [-0.2, -0.15) is 0 Å². The molecule has 1 unspecified atom stereocenters. The van der Waals surface area contributed by atoms with E-state index in [1.165, 1.54) is 63.2 Å². The van der Waals surface area contributed by atoms with Gasteiger partial charge >= 0.3 is 0 Å². The van der Waals surface area contributed by atoms with Crippen LogP contribution in [0.2, 0.25) is 5.02 Å². The lowest BCUT2D eigenvalue weighted by Gasteiger charge is -2.20. The van der Waals surface area contributed by atoms with E-state index in [9.17, 15) is 9.18 Å². The molecule has 3 nitrogen and oxygen atoms in total. The van der Waals surface area contributed by atoms with Gasteiger partial charge in [-0.15, -0.1) is 0 Å². The summed E-state index contributed by atoms with van der Waals surface area (Å²) in [5, 5.41) is 0.856. The predicted octanol–water partition coefficient (Wildman–Crippen LogP) is 8.43. The number of carbonyl (C=O) groups is 1. The van der Waals surface area contributed by atoms with Crippen molar-refractivity contribution in [2.75, 3.05) is 26.7 Å². The fourth-order valence-corrected chi connectivity index (χ4v) is 4.63. The van der Waals surface area contributed by atoms with Crippen molar-refractivity contribution in [2.45, 2.75) is 79.1 Å². The van der Waals surface area contributed by atoms with E-state index >= 15 is 0 Å². The fourth-order valence-electron chi connectivity index (χ4n) is 4.40. The Kier molecular flexibility index (Phi) is 17.2. The summed E-state index contributed by atoms with van der Waals surface area (Å²) in [6, 6.07) is 12.9. The number of aryl methyl sites for hydroxylation is 3. The van der Waals surface area contributed by atoms with Gasteiger partial charge in [0.25, 0.3) is 6.47 Å². The maximum absolute atomic E-state index is 12.6. The average molecular weight is 520 g/mol. The van der Waals surface area contributed by atoms with Gasteiger partial charge in [-0.05, 0) is 87.4 Å². The highest BCUT2D eigenvalue weighted by molar-refractivity contribution is 6.31. The molecule has 2 aromatic carbocycles. The summed E-state index contributed by atoms with van der Waals surface area (Å²) in [6.07, 6.45) is 10.0. The lowest BCUT2D eigenvalue weighted by atomic mass is 9.87. The molecule has 0 amide bonds. The van der Waals surface area contributed by atoms with Crippen LogP contribution in [-0.2, 0) is 16.0 Å². The summed E-state index contributed by atoms with van der Waals surface area (Å²) < 4.78 is 17.2. The zero-order chi connectivity index (χ0) is 26.8. The van der Waals surface area contributed by atoms with Crippen molar-refractivity contribution < 1.29 is 13.9 Å². The quantitative estimate of drug-likeness (QED) is 0.293. The molecule has 4 rings (SSSR count). The summed E-state index contributed by atoms with van der Waals surface area (Å²) in [6.45, 7) is 12.1. The Balaban J connectivity index is 0.000000243. The first kappa shape index (κ1) is 32.1. The van der Waals surface area contributed by atoms with Crippen LogP contribution in [0.15, 0.2) is 42.5 Å². The molecular formula is C31H47ClFNO2. The van der Waals surface area contributed by atoms with Crippen LogP contribution in [0.25, 0.3) is 0 Å². The Morgan fingerprint density at radius 1 is 1.08 bits per heavy atom. The van der Waals surface area contributed by atoms with Gasteiger partial charge in [-0.1, -0.05) is 87.9 Å². The molecule has 1 aliphatic carbocycles. The van der Waals surface area contributed by atoms with Gasteiger partial charge in [0, 0.05) is 11.6 Å². The number of rotatable bonds is 5. The number of hydrogen-bond donors (Lipinski definition) is 0. The molecule has 0 bridgehead atoms. The Hall–Kier alpha value is -1.91. The number of likely N-dealkylation sites (tertiary alicyclic amines) is 1. The van der Waals surface area contributed by atoms with Crippen molar-refractivity contribution in [3.8, 4) is 0 Å². The summed E-state index contributed by atoms with van der Waals surface area (Å²) in [4.78, 5) is 12.2. The molecule has 1 atom stereocenters. The van der Waals surface area contributed by atoms with Gasteiger partial charge in [0.2, 0.25) is 0 Å². The van der Waals surface area contributed by atoms with Crippen LogP contribution in [0.1, 0.15) is 75.5 Å². The summed E-state index contributed by atoms with van der Waals surface area (Å²) >= 11 is 5.81. The first-order chi connectivity index (χ1) is 17.3. The molecule has 202 valence electrons. The molecular weight excluding hydrogens is 473 g/mol. The third-order valence-corrected chi connectivity index (χ3v) is 7.14. The van der Waals surface area contributed by atoms with E-state index in [2.05, 4.69) is 29.7 Å². The molecule has 2 aliphatic rings. The first-order valence-electron chi connectivity index (χ1n) is 13.5. The van der Waals surface area contributed by atoms with Crippen LogP contribution < -0.4 is 0 Å². The molecule has 0 N–H and O–H groups in total. The number of nitrogens with zero attached hydrogens (tertiary/aromatic N) is 1. The summed E-state index contributed by atoms with van der Waals surface area (Å²) in [5.74, 6) is 1.67. The number of ether oxygens (including phenoxy) is 1. The largest absolute Gasteiger partial charge is 0.468 e. The Labute approximate surface area is 224 Å². The molecule has 1 saturated carbocycles. The van der Waals surface area contributed by atoms with Crippen molar-refractivity contribution in [2.24, 2.45) is 11.8 Å². The molecule has 36 heavy (non-hydrogen) atoms.